The molecule has 0 saturated carbocycles. The molecule has 4 aromatic rings. The molecule has 6 heteroatoms. The molecule has 6 nitrogen and oxygen atoms in total. The van der Waals surface area contributed by atoms with Gasteiger partial charge in [0, 0.05) is 22.3 Å². The third-order valence-corrected chi connectivity index (χ3v) is 4.29. The zero-order chi connectivity index (χ0) is 18.8. The fourth-order valence-electron chi connectivity index (χ4n) is 3.02. The molecule has 0 fully saturated rings. The number of H-pyrrole nitrogens is 1. The van der Waals surface area contributed by atoms with Crippen LogP contribution in [0.3, 0.4) is 0 Å². The zero-order valence-electron chi connectivity index (χ0n) is 14.2. The number of nitrogens with two attached hydrogens (primary N) is 1. The van der Waals surface area contributed by atoms with Crippen LogP contribution in [0, 0.1) is 11.3 Å². The molecule has 4 rings (SSSR count). The first-order valence-electron chi connectivity index (χ1n) is 8.26. The maximum atomic E-state index is 9.76. The Bertz CT molecular complexity index is 1160. The summed E-state index contributed by atoms with van der Waals surface area (Å²) in [5, 5.41) is 26.5. The van der Waals surface area contributed by atoms with Gasteiger partial charge in [0.2, 0.25) is 0 Å². The first-order valence-corrected chi connectivity index (χ1v) is 8.26. The Balaban J connectivity index is 1.94. The first-order chi connectivity index (χ1) is 13.2. The lowest BCUT2D eigenvalue weighted by molar-refractivity contribution is 0.475. The SMILES string of the molecule is N#Cc1c(-c2cn[nH]c2-c2ccccc2)cc(-c2cccc(O)c2)nc1N. The van der Waals surface area contributed by atoms with Crippen LogP contribution in [0.5, 0.6) is 5.75 Å². The van der Waals surface area contributed by atoms with E-state index in [0.717, 1.165) is 16.8 Å². The minimum atomic E-state index is 0.132. The Hall–Kier alpha value is -4.11. The van der Waals surface area contributed by atoms with Crippen molar-refractivity contribution in [2.75, 3.05) is 5.73 Å². The van der Waals surface area contributed by atoms with Crippen LogP contribution < -0.4 is 5.73 Å². The molecule has 0 amide bonds. The van der Waals surface area contributed by atoms with Crippen molar-refractivity contribution in [3.05, 3.63) is 72.4 Å². The second kappa shape index (κ2) is 6.65. The molecular weight excluding hydrogens is 338 g/mol. The highest BCUT2D eigenvalue weighted by Gasteiger charge is 2.18. The van der Waals surface area contributed by atoms with Gasteiger partial charge in [0.1, 0.15) is 23.2 Å². The maximum Gasteiger partial charge on any atom is 0.142 e. The fraction of sp³-hybridized carbons (Fsp3) is 0. The number of aromatic amines is 1. The highest BCUT2D eigenvalue weighted by atomic mass is 16.3. The summed E-state index contributed by atoms with van der Waals surface area (Å²) in [5.74, 6) is 0.264. The summed E-state index contributed by atoms with van der Waals surface area (Å²) in [6, 6.07) is 20.4. The number of rotatable bonds is 3. The Morgan fingerprint density at radius 3 is 2.48 bits per heavy atom. The lowest BCUT2D eigenvalue weighted by atomic mass is 9.96. The van der Waals surface area contributed by atoms with Crippen molar-refractivity contribution in [2.45, 2.75) is 0 Å². The van der Waals surface area contributed by atoms with Crippen LogP contribution in [0.4, 0.5) is 5.82 Å². The predicted octanol–water partition coefficient (Wildman–Crippen LogP) is 3.97. The molecule has 130 valence electrons. The number of phenolic OH excluding ortho intramolecular Hbond substituents is 1. The molecule has 0 aliphatic carbocycles. The number of pyridine rings is 1. The number of benzene rings is 2. The van der Waals surface area contributed by atoms with E-state index in [0.29, 0.717) is 16.8 Å². The highest BCUT2D eigenvalue weighted by molar-refractivity contribution is 5.87. The van der Waals surface area contributed by atoms with Gasteiger partial charge in [-0.25, -0.2) is 4.98 Å². The highest BCUT2D eigenvalue weighted by Crippen LogP contribution is 2.36. The van der Waals surface area contributed by atoms with E-state index in [2.05, 4.69) is 21.3 Å². The van der Waals surface area contributed by atoms with Gasteiger partial charge in [-0.1, -0.05) is 42.5 Å². The minimum Gasteiger partial charge on any atom is -0.508 e. The Kier molecular flexibility index (Phi) is 4.03. The number of anilines is 1. The molecule has 27 heavy (non-hydrogen) atoms. The number of phenols is 1. The molecule has 0 aliphatic rings. The number of nitrogen functional groups attached to an aromatic ring is 1. The molecule has 0 spiro atoms. The molecule has 2 aromatic carbocycles. The Morgan fingerprint density at radius 1 is 0.963 bits per heavy atom. The molecule has 0 bridgehead atoms. The smallest absolute Gasteiger partial charge is 0.142 e. The van der Waals surface area contributed by atoms with E-state index in [4.69, 9.17) is 5.73 Å². The van der Waals surface area contributed by atoms with E-state index in [1.165, 1.54) is 0 Å². The topological polar surface area (TPSA) is 112 Å². The summed E-state index contributed by atoms with van der Waals surface area (Å²) in [6.07, 6.45) is 1.67. The Labute approximate surface area is 155 Å². The summed E-state index contributed by atoms with van der Waals surface area (Å²) < 4.78 is 0. The molecule has 0 atom stereocenters. The van der Waals surface area contributed by atoms with E-state index >= 15 is 0 Å². The second-order valence-electron chi connectivity index (χ2n) is 6.00. The summed E-state index contributed by atoms with van der Waals surface area (Å²) in [7, 11) is 0. The van der Waals surface area contributed by atoms with E-state index in [-0.39, 0.29) is 17.1 Å². The summed E-state index contributed by atoms with van der Waals surface area (Å²) in [4.78, 5) is 4.34. The van der Waals surface area contributed by atoms with Crippen LogP contribution in [-0.4, -0.2) is 20.3 Å². The van der Waals surface area contributed by atoms with Crippen molar-refractivity contribution in [3.63, 3.8) is 0 Å². The van der Waals surface area contributed by atoms with Crippen molar-refractivity contribution in [3.8, 4) is 45.5 Å². The van der Waals surface area contributed by atoms with E-state index < -0.39 is 0 Å². The third-order valence-electron chi connectivity index (χ3n) is 4.29. The molecule has 0 saturated heterocycles. The number of aromatic hydroxyl groups is 1. The largest absolute Gasteiger partial charge is 0.508 e. The standard InChI is InChI=1S/C21H15N5O/c22-11-17-16(18-12-24-26-20(18)13-5-2-1-3-6-13)10-19(25-21(17)23)14-7-4-8-15(27)9-14/h1-10,12,27H,(H2,23,25)(H,24,26). The molecule has 0 aliphatic heterocycles. The monoisotopic (exact) mass is 353 g/mol. The maximum absolute atomic E-state index is 9.76. The molecule has 4 N–H and O–H groups in total. The van der Waals surface area contributed by atoms with E-state index in [9.17, 15) is 10.4 Å². The second-order valence-corrected chi connectivity index (χ2v) is 6.00. The first kappa shape index (κ1) is 16.4. The van der Waals surface area contributed by atoms with Crippen LogP contribution in [0.2, 0.25) is 0 Å². The van der Waals surface area contributed by atoms with Crippen LogP contribution in [0.25, 0.3) is 33.6 Å². The van der Waals surface area contributed by atoms with Crippen molar-refractivity contribution >= 4 is 5.82 Å². The number of nitrogens with one attached hydrogen (secondary N) is 1. The molecular formula is C21H15N5O. The summed E-state index contributed by atoms with van der Waals surface area (Å²) in [6.45, 7) is 0. The molecule has 2 heterocycles. The fourth-order valence-corrected chi connectivity index (χ4v) is 3.02. The Morgan fingerprint density at radius 2 is 1.74 bits per heavy atom. The van der Waals surface area contributed by atoms with Crippen molar-refractivity contribution in [1.82, 2.24) is 15.2 Å². The summed E-state index contributed by atoms with van der Waals surface area (Å²) in [5.41, 5.74) is 10.8. The lowest BCUT2D eigenvalue weighted by Gasteiger charge is -2.11. The van der Waals surface area contributed by atoms with Gasteiger partial charge >= 0.3 is 0 Å². The minimum absolute atomic E-state index is 0.132. The van der Waals surface area contributed by atoms with Gasteiger partial charge < -0.3 is 10.8 Å². The number of nitrogens with zero attached hydrogens (tertiary/aromatic N) is 3. The third kappa shape index (κ3) is 2.98. The predicted molar refractivity (Wildman–Crippen MR) is 103 cm³/mol. The molecule has 0 unspecified atom stereocenters. The van der Waals surface area contributed by atoms with Gasteiger partial charge in [-0.05, 0) is 18.2 Å². The average Bonchev–Trinajstić information content (AvgIpc) is 3.18. The average molecular weight is 353 g/mol. The van der Waals surface area contributed by atoms with Crippen molar-refractivity contribution in [1.29, 1.82) is 5.26 Å². The van der Waals surface area contributed by atoms with Crippen molar-refractivity contribution in [2.24, 2.45) is 0 Å². The number of aromatic nitrogens is 3. The van der Waals surface area contributed by atoms with Gasteiger partial charge in [-0.15, -0.1) is 0 Å². The van der Waals surface area contributed by atoms with Crippen LogP contribution in [0.15, 0.2) is 66.9 Å². The van der Waals surface area contributed by atoms with Gasteiger partial charge in [0.25, 0.3) is 0 Å². The van der Waals surface area contributed by atoms with Crippen LogP contribution >= 0.6 is 0 Å². The van der Waals surface area contributed by atoms with Gasteiger partial charge in [0.15, 0.2) is 0 Å². The van der Waals surface area contributed by atoms with E-state index in [1.807, 2.05) is 36.4 Å². The number of nitriles is 1. The number of hydrogen-bond donors (Lipinski definition) is 3. The summed E-state index contributed by atoms with van der Waals surface area (Å²) >= 11 is 0. The lowest BCUT2D eigenvalue weighted by Crippen LogP contribution is -2.00. The van der Waals surface area contributed by atoms with Gasteiger partial charge in [-0.2, -0.15) is 10.4 Å². The van der Waals surface area contributed by atoms with Crippen LogP contribution in [-0.2, 0) is 0 Å². The van der Waals surface area contributed by atoms with Crippen molar-refractivity contribution < 1.29 is 5.11 Å². The van der Waals surface area contributed by atoms with Crippen LogP contribution in [0.1, 0.15) is 5.56 Å². The number of hydrogen-bond acceptors (Lipinski definition) is 5. The molecule has 0 radical (unpaired) electrons. The van der Waals surface area contributed by atoms with E-state index in [1.54, 1.807) is 30.5 Å². The van der Waals surface area contributed by atoms with Gasteiger partial charge in [0.05, 0.1) is 17.6 Å². The zero-order valence-corrected chi connectivity index (χ0v) is 14.2. The van der Waals surface area contributed by atoms with Gasteiger partial charge in [-0.3, -0.25) is 5.10 Å². The quantitative estimate of drug-likeness (QED) is 0.516. The normalized spacial score (nSPS) is 10.5. The molecule has 2 aromatic heterocycles.